The fourth-order valence-corrected chi connectivity index (χ4v) is 4.36. The molecule has 0 bridgehead atoms. The normalized spacial score (nSPS) is 13.4. The van der Waals surface area contributed by atoms with E-state index in [9.17, 15) is 19.5 Å². The number of carbonyl (C=O) groups is 3. The zero-order valence-corrected chi connectivity index (χ0v) is 20.2. The average Bonchev–Trinajstić information content (AvgIpc) is 3.17. The third-order valence-corrected chi connectivity index (χ3v) is 6.12. The first-order valence-corrected chi connectivity index (χ1v) is 12.0. The van der Waals surface area contributed by atoms with Crippen molar-refractivity contribution in [2.75, 3.05) is 6.61 Å². The molecule has 7 nitrogen and oxygen atoms in total. The quantitative estimate of drug-likeness (QED) is 0.416. The van der Waals surface area contributed by atoms with Crippen LogP contribution in [-0.4, -0.2) is 41.8 Å². The first kappa shape index (κ1) is 25.8. The summed E-state index contributed by atoms with van der Waals surface area (Å²) in [5.74, 6) is 3.66. The van der Waals surface area contributed by atoms with Crippen molar-refractivity contribution in [2.24, 2.45) is 0 Å². The second kappa shape index (κ2) is 12.6. The third kappa shape index (κ3) is 6.86. The van der Waals surface area contributed by atoms with Gasteiger partial charge >= 0.3 is 12.1 Å². The van der Waals surface area contributed by atoms with E-state index < -0.39 is 30.1 Å². The predicted octanol–water partition coefficient (Wildman–Crippen LogP) is 4.46. The standard InChI is InChI=1S/C28H32N2O5/c1-3-5-11-19(17-26(31)30-25(27(32)33)16-6-4-2)29-28(34)35-18-24-22-14-9-7-12-20(22)21-13-8-10-15-23(21)24/h7-10,12-15,19,24-25H,3,5,11,16-18H2,1-2H3,(H,29,34)(H,30,31)(H,32,33). The fraction of sp³-hybridized carbons (Fsp3) is 0.393. The van der Waals surface area contributed by atoms with Crippen molar-refractivity contribution in [1.82, 2.24) is 10.6 Å². The molecule has 184 valence electrons. The van der Waals surface area contributed by atoms with Crippen molar-refractivity contribution in [3.8, 4) is 23.0 Å². The van der Waals surface area contributed by atoms with Crippen molar-refractivity contribution >= 4 is 18.0 Å². The smallest absolute Gasteiger partial charge is 0.407 e. The maximum absolute atomic E-state index is 12.7. The van der Waals surface area contributed by atoms with Gasteiger partial charge in [0.1, 0.15) is 12.6 Å². The number of hydrogen-bond acceptors (Lipinski definition) is 4. The van der Waals surface area contributed by atoms with Crippen LogP contribution in [0.1, 0.15) is 63.0 Å². The van der Waals surface area contributed by atoms with Gasteiger partial charge in [-0.25, -0.2) is 9.59 Å². The molecule has 0 saturated carbocycles. The lowest BCUT2D eigenvalue weighted by Gasteiger charge is -2.20. The van der Waals surface area contributed by atoms with E-state index in [1.807, 2.05) is 31.2 Å². The van der Waals surface area contributed by atoms with Crippen LogP contribution in [0.5, 0.6) is 0 Å². The number of alkyl carbamates (subject to hydrolysis) is 1. The fourth-order valence-electron chi connectivity index (χ4n) is 4.36. The monoisotopic (exact) mass is 476 g/mol. The number of fused-ring (bicyclic) bond motifs is 3. The lowest BCUT2D eigenvalue weighted by molar-refractivity contribution is -0.141. The molecule has 1 aliphatic rings. The van der Waals surface area contributed by atoms with Gasteiger partial charge in [0.05, 0.1) is 0 Å². The van der Waals surface area contributed by atoms with Crippen LogP contribution in [0.3, 0.4) is 0 Å². The molecule has 35 heavy (non-hydrogen) atoms. The lowest BCUT2D eigenvalue weighted by atomic mass is 9.98. The molecule has 3 N–H and O–H groups in total. The summed E-state index contributed by atoms with van der Waals surface area (Å²) in [6.07, 6.45) is 1.69. The molecule has 0 heterocycles. The molecule has 2 unspecified atom stereocenters. The zero-order valence-electron chi connectivity index (χ0n) is 20.2. The Morgan fingerprint density at radius 2 is 1.66 bits per heavy atom. The Hall–Kier alpha value is -3.79. The van der Waals surface area contributed by atoms with Crippen LogP contribution >= 0.6 is 0 Å². The van der Waals surface area contributed by atoms with Crippen LogP contribution in [0.2, 0.25) is 0 Å². The Kier molecular flexibility index (Phi) is 9.31. The highest BCUT2D eigenvalue weighted by Gasteiger charge is 2.29. The van der Waals surface area contributed by atoms with Crippen molar-refractivity contribution < 1.29 is 24.2 Å². The summed E-state index contributed by atoms with van der Waals surface area (Å²) >= 11 is 0. The minimum absolute atomic E-state index is 0.0248. The first-order valence-electron chi connectivity index (χ1n) is 12.0. The summed E-state index contributed by atoms with van der Waals surface area (Å²) in [5, 5.41) is 14.6. The molecule has 2 amide bonds. The topological polar surface area (TPSA) is 105 Å². The molecule has 0 spiro atoms. The lowest BCUT2D eigenvalue weighted by Crippen LogP contribution is -2.44. The molecule has 1 aliphatic carbocycles. The molecular weight excluding hydrogens is 444 g/mol. The van der Waals surface area contributed by atoms with Gasteiger partial charge in [-0.1, -0.05) is 68.3 Å². The number of unbranched alkanes of at least 4 members (excludes halogenated alkanes) is 1. The van der Waals surface area contributed by atoms with E-state index >= 15 is 0 Å². The minimum atomic E-state index is -1.14. The summed E-state index contributed by atoms with van der Waals surface area (Å²) in [5.41, 5.74) is 4.54. The first-order chi connectivity index (χ1) is 16.9. The SMILES string of the molecule is CC#CCC(NC(=O)CC(CCCC)NC(=O)OCC1c2ccccc2-c2ccccc21)C(=O)O. The number of carboxylic acid groups (broad SMARTS) is 1. The number of benzene rings is 2. The number of carbonyl (C=O) groups excluding carboxylic acids is 2. The Morgan fingerprint density at radius 1 is 1.03 bits per heavy atom. The largest absolute Gasteiger partial charge is 0.480 e. The molecule has 0 aromatic heterocycles. The summed E-state index contributed by atoms with van der Waals surface area (Å²) in [6.45, 7) is 3.82. The van der Waals surface area contributed by atoms with Crippen LogP contribution in [0.25, 0.3) is 11.1 Å². The number of ether oxygens (including phenoxy) is 1. The van der Waals surface area contributed by atoms with E-state index in [0.29, 0.717) is 6.42 Å². The van der Waals surface area contributed by atoms with Crippen molar-refractivity contribution in [1.29, 1.82) is 0 Å². The maximum atomic E-state index is 12.7. The number of hydrogen-bond donors (Lipinski definition) is 3. The predicted molar refractivity (Wildman–Crippen MR) is 134 cm³/mol. The van der Waals surface area contributed by atoms with Crippen LogP contribution in [0, 0.1) is 11.8 Å². The van der Waals surface area contributed by atoms with E-state index in [0.717, 1.165) is 35.1 Å². The summed E-state index contributed by atoms with van der Waals surface area (Å²) < 4.78 is 5.61. The van der Waals surface area contributed by atoms with Crippen molar-refractivity contribution in [3.05, 3.63) is 59.7 Å². The molecule has 2 atom stereocenters. The van der Waals surface area contributed by atoms with Gasteiger partial charge in [-0.05, 0) is 35.6 Å². The van der Waals surface area contributed by atoms with E-state index in [1.165, 1.54) is 0 Å². The van der Waals surface area contributed by atoms with Crippen LogP contribution in [0.4, 0.5) is 4.79 Å². The number of carboxylic acids is 1. The van der Waals surface area contributed by atoms with Gasteiger partial charge in [0.2, 0.25) is 5.91 Å². The Bertz CT molecular complexity index is 1070. The Morgan fingerprint density at radius 3 is 2.23 bits per heavy atom. The van der Waals surface area contributed by atoms with Gasteiger partial charge in [0.15, 0.2) is 0 Å². The molecule has 0 saturated heterocycles. The van der Waals surface area contributed by atoms with Crippen LogP contribution in [-0.2, 0) is 14.3 Å². The third-order valence-electron chi connectivity index (χ3n) is 6.12. The van der Waals surface area contributed by atoms with E-state index in [2.05, 4.69) is 46.7 Å². The molecular formula is C28H32N2O5. The van der Waals surface area contributed by atoms with Gasteiger partial charge in [-0.15, -0.1) is 11.8 Å². The molecule has 0 aliphatic heterocycles. The summed E-state index contributed by atoms with van der Waals surface area (Å²) in [4.78, 5) is 36.6. The Labute approximate surface area is 206 Å². The second-order valence-electron chi connectivity index (χ2n) is 8.60. The number of nitrogens with one attached hydrogen (secondary N) is 2. The highest BCUT2D eigenvalue weighted by molar-refractivity contribution is 5.84. The van der Waals surface area contributed by atoms with E-state index in [-0.39, 0.29) is 25.4 Å². The van der Waals surface area contributed by atoms with Crippen LogP contribution < -0.4 is 10.6 Å². The molecule has 7 heteroatoms. The summed E-state index contributed by atoms with van der Waals surface area (Å²) in [7, 11) is 0. The van der Waals surface area contributed by atoms with Gasteiger partial charge in [-0.3, -0.25) is 4.79 Å². The molecule has 2 aromatic carbocycles. The second-order valence-corrected chi connectivity index (χ2v) is 8.60. The minimum Gasteiger partial charge on any atom is -0.480 e. The van der Waals surface area contributed by atoms with Crippen LogP contribution in [0.15, 0.2) is 48.5 Å². The van der Waals surface area contributed by atoms with Gasteiger partial charge in [0.25, 0.3) is 0 Å². The van der Waals surface area contributed by atoms with Gasteiger partial charge in [-0.2, -0.15) is 0 Å². The van der Waals surface area contributed by atoms with Crippen molar-refractivity contribution in [3.63, 3.8) is 0 Å². The number of aliphatic carboxylic acids is 1. The van der Waals surface area contributed by atoms with E-state index in [4.69, 9.17) is 4.74 Å². The number of amides is 2. The van der Waals surface area contributed by atoms with Gasteiger partial charge in [0, 0.05) is 24.8 Å². The number of rotatable bonds is 11. The average molecular weight is 477 g/mol. The summed E-state index contributed by atoms with van der Waals surface area (Å²) in [6, 6.07) is 14.7. The highest BCUT2D eigenvalue weighted by atomic mass is 16.5. The van der Waals surface area contributed by atoms with Gasteiger partial charge < -0.3 is 20.5 Å². The Balaban J connectivity index is 1.60. The highest BCUT2D eigenvalue weighted by Crippen LogP contribution is 2.44. The van der Waals surface area contributed by atoms with E-state index in [1.54, 1.807) is 6.92 Å². The maximum Gasteiger partial charge on any atom is 0.407 e. The molecule has 3 rings (SSSR count). The molecule has 0 fully saturated rings. The zero-order chi connectivity index (χ0) is 25.2. The molecule has 0 radical (unpaired) electrons. The van der Waals surface area contributed by atoms with Crippen molar-refractivity contribution in [2.45, 2.75) is 64.0 Å². The molecule has 2 aromatic rings.